The Balaban J connectivity index is 2.13. The largest absolute Gasteiger partial charge is 0.317 e. The molecule has 0 aromatic rings. The Kier molecular flexibility index (Phi) is 3.92. The minimum absolute atomic E-state index is 0.720. The Morgan fingerprint density at radius 3 is 2.45 bits per heavy atom. The summed E-state index contributed by atoms with van der Waals surface area (Å²) < 4.78 is 0. The molecule has 1 heteroatoms. The molecule has 66 valence electrons. The molecule has 1 atom stereocenters. The van der Waals surface area contributed by atoms with Crippen LogP contribution >= 0.6 is 0 Å². The lowest BCUT2D eigenvalue weighted by molar-refractivity contribution is 0.311. The molecule has 0 amide bonds. The van der Waals surface area contributed by atoms with Gasteiger partial charge in [0.1, 0.15) is 0 Å². The third-order valence-corrected chi connectivity index (χ3v) is 2.90. The first kappa shape index (κ1) is 9.05. The molecule has 0 spiro atoms. The van der Waals surface area contributed by atoms with E-state index in [1.807, 2.05) is 0 Å². The van der Waals surface area contributed by atoms with E-state index < -0.39 is 0 Å². The zero-order chi connectivity index (χ0) is 8.10. The quantitative estimate of drug-likeness (QED) is 0.660. The van der Waals surface area contributed by atoms with E-state index >= 15 is 0 Å². The topological polar surface area (TPSA) is 12.0 Å². The summed E-state index contributed by atoms with van der Waals surface area (Å²) >= 11 is 0. The fourth-order valence-electron chi connectivity index (χ4n) is 2.04. The van der Waals surface area contributed by atoms with Crippen molar-refractivity contribution < 1.29 is 0 Å². The third kappa shape index (κ3) is 3.24. The Labute approximate surface area is 70.6 Å². The van der Waals surface area contributed by atoms with E-state index in [-0.39, 0.29) is 0 Å². The van der Waals surface area contributed by atoms with Gasteiger partial charge in [0.25, 0.3) is 0 Å². The summed E-state index contributed by atoms with van der Waals surface area (Å²) in [6, 6.07) is 0.720. The normalized spacial score (nSPS) is 23.5. The van der Waals surface area contributed by atoms with Gasteiger partial charge in [0.05, 0.1) is 0 Å². The highest BCUT2D eigenvalue weighted by molar-refractivity contribution is 4.70. The van der Waals surface area contributed by atoms with Crippen molar-refractivity contribution in [3.8, 4) is 0 Å². The second kappa shape index (κ2) is 4.76. The van der Waals surface area contributed by atoms with Crippen LogP contribution in [0.15, 0.2) is 0 Å². The van der Waals surface area contributed by atoms with Gasteiger partial charge in [0.2, 0.25) is 0 Å². The predicted molar refractivity (Wildman–Crippen MR) is 49.7 cm³/mol. The van der Waals surface area contributed by atoms with Crippen LogP contribution in [0.25, 0.3) is 0 Å². The van der Waals surface area contributed by atoms with E-state index in [9.17, 15) is 0 Å². The molecular weight excluding hydrogens is 134 g/mol. The summed E-state index contributed by atoms with van der Waals surface area (Å²) in [4.78, 5) is 0. The molecule has 0 heterocycles. The van der Waals surface area contributed by atoms with Gasteiger partial charge in [-0.1, -0.05) is 32.1 Å². The fraction of sp³-hybridized carbons (Fsp3) is 1.00. The number of hydrogen-bond acceptors (Lipinski definition) is 1. The molecule has 0 unspecified atom stereocenters. The summed E-state index contributed by atoms with van der Waals surface area (Å²) in [6.07, 6.45) is 8.77. The molecule has 1 N–H and O–H groups in total. The molecule has 11 heavy (non-hydrogen) atoms. The Morgan fingerprint density at radius 1 is 1.27 bits per heavy atom. The van der Waals surface area contributed by atoms with Crippen LogP contribution in [0.5, 0.6) is 0 Å². The lowest BCUT2D eigenvalue weighted by atomic mass is 9.85. The molecule has 1 aliphatic rings. The van der Waals surface area contributed by atoms with Gasteiger partial charge in [-0.3, -0.25) is 0 Å². The summed E-state index contributed by atoms with van der Waals surface area (Å²) in [6.45, 7) is 2.29. The summed E-state index contributed by atoms with van der Waals surface area (Å²) in [7, 11) is 2.06. The first-order chi connectivity index (χ1) is 5.33. The van der Waals surface area contributed by atoms with Crippen molar-refractivity contribution in [1.82, 2.24) is 5.32 Å². The molecule has 0 radical (unpaired) electrons. The minimum atomic E-state index is 0.720. The average molecular weight is 155 g/mol. The standard InChI is InChI=1S/C10H21N/c1-9(11-2)8-10-6-4-3-5-7-10/h9-11H,3-8H2,1-2H3/t9-/m1/s1. The van der Waals surface area contributed by atoms with Crippen LogP contribution < -0.4 is 5.32 Å². The number of rotatable bonds is 3. The zero-order valence-electron chi connectivity index (χ0n) is 7.90. The average Bonchev–Trinajstić information content (AvgIpc) is 2.06. The lowest BCUT2D eigenvalue weighted by Crippen LogP contribution is -2.25. The fourth-order valence-corrected chi connectivity index (χ4v) is 2.04. The van der Waals surface area contributed by atoms with Crippen molar-refractivity contribution in [2.24, 2.45) is 5.92 Å². The van der Waals surface area contributed by atoms with Crippen molar-refractivity contribution >= 4 is 0 Å². The van der Waals surface area contributed by atoms with Crippen molar-refractivity contribution in [2.75, 3.05) is 7.05 Å². The van der Waals surface area contributed by atoms with Gasteiger partial charge in [-0.2, -0.15) is 0 Å². The van der Waals surface area contributed by atoms with E-state index in [1.54, 1.807) is 0 Å². The molecule has 0 aromatic carbocycles. The van der Waals surface area contributed by atoms with E-state index in [2.05, 4.69) is 19.3 Å². The van der Waals surface area contributed by atoms with Gasteiger partial charge in [0.15, 0.2) is 0 Å². The SMILES string of the molecule is CN[C@H](C)CC1CCCCC1. The highest BCUT2D eigenvalue weighted by Gasteiger charge is 2.14. The number of nitrogens with one attached hydrogen (secondary N) is 1. The van der Waals surface area contributed by atoms with Crippen molar-refractivity contribution in [2.45, 2.75) is 51.5 Å². The van der Waals surface area contributed by atoms with Gasteiger partial charge in [-0.05, 0) is 26.3 Å². The van der Waals surface area contributed by atoms with Gasteiger partial charge >= 0.3 is 0 Å². The Bertz CT molecular complexity index is 95.0. The van der Waals surface area contributed by atoms with Crippen LogP contribution in [-0.4, -0.2) is 13.1 Å². The van der Waals surface area contributed by atoms with Gasteiger partial charge in [-0.15, -0.1) is 0 Å². The maximum Gasteiger partial charge on any atom is 0.00383 e. The maximum atomic E-state index is 3.31. The maximum absolute atomic E-state index is 3.31. The van der Waals surface area contributed by atoms with E-state index in [0.29, 0.717) is 0 Å². The molecule has 0 aliphatic heterocycles. The van der Waals surface area contributed by atoms with Crippen molar-refractivity contribution in [3.63, 3.8) is 0 Å². The molecule has 1 saturated carbocycles. The second-order valence-electron chi connectivity index (χ2n) is 3.93. The van der Waals surface area contributed by atoms with E-state index in [0.717, 1.165) is 12.0 Å². The molecule has 1 fully saturated rings. The van der Waals surface area contributed by atoms with E-state index in [1.165, 1.54) is 38.5 Å². The molecule has 0 saturated heterocycles. The van der Waals surface area contributed by atoms with Gasteiger partial charge in [0, 0.05) is 6.04 Å². The summed E-state index contributed by atoms with van der Waals surface area (Å²) in [5, 5.41) is 3.31. The Morgan fingerprint density at radius 2 is 1.91 bits per heavy atom. The summed E-state index contributed by atoms with van der Waals surface area (Å²) in [5.74, 6) is 1.02. The van der Waals surface area contributed by atoms with Crippen molar-refractivity contribution in [3.05, 3.63) is 0 Å². The van der Waals surface area contributed by atoms with Crippen molar-refractivity contribution in [1.29, 1.82) is 0 Å². The third-order valence-electron chi connectivity index (χ3n) is 2.90. The molecule has 0 bridgehead atoms. The first-order valence-corrected chi connectivity index (χ1v) is 5.00. The smallest absolute Gasteiger partial charge is 0.00383 e. The zero-order valence-corrected chi connectivity index (χ0v) is 7.90. The van der Waals surface area contributed by atoms with Gasteiger partial charge < -0.3 is 5.32 Å². The Hall–Kier alpha value is -0.0400. The molecule has 0 aromatic heterocycles. The molecule has 1 aliphatic carbocycles. The van der Waals surface area contributed by atoms with Crippen LogP contribution in [0, 0.1) is 5.92 Å². The summed E-state index contributed by atoms with van der Waals surface area (Å²) in [5.41, 5.74) is 0. The van der Waals surface area contributed by atoms with Crippen LogP contribution in [0.3, 0.4) is 0 Å². The number of hydrogen-bond donors (Lipinski definition) is 1. The van der Waals surface area contributed by atoms with Gasteiger partial charge in [-0.25, -0.2) is 0 Å². The van der Waals surface area contributed by atoms with Crippen LogP contribution in [0.2, 0.25) is 0 Å². The van der Waals surface area contributed by atoms with E-state index in [4.69, 9.17) is 0 Å². The monoisotopic (exact) mass is 155 g/mol. The highest BCUT2D eigenvalue weighted by Crippen LogP contribution is 2.26. The second-order valence-corrected chi connectivity index (χ2v) is 3.93. The van der Waals surface area contributed by atoms with Crippen LogP contribution in [-0.2, 0) is 0 Å². The molecular formula is C10H21N. The lowest BCUT2D eigenvalue weighted by Gasteiger charge is -2.24. The van der Waals surface area contributed by atoms with Crippen LogP contribution in [0.4, 0.5) is 0 Å². The first-order valence-electron chi connectivity index (χ1n) is 5.00. The molecule has 1 rings (SSSR count). The minimum Gasteiger partial charge on any atom is -0.317 e. The molecule has 1 nitrogen and oxygen atoms in total. The van der Waals surface area contributed by atoms with Crippen LogP contribution in [0.1, 0.15) is 45.4 Å². The highest BCUT2D eigenvalue weighted by atomic mass is 14.8. The predicted octanol–water partition coefficient (Wildman–Crippen LogP) is 2.56.